The minimum atomic E-state index is 0.246. The number of unbranched alkanes of at least 4 members (excludes halogenated alkanes) is 5. The Morgan fingerprint density at radius 2 is 1.28 bits per heavy atom. The third-order valence-corrected chi connectivity index (χ3v) is 9.98. The highest BCUT2D eigenvalue weighted by molar-refractivity contribution is 5.76. The third kappa shape index (κ3) is 10.1. The van der Waals surface area contributed by atoms with Crippen LogP contribution in [0.1, 0.15) is 109 Å². The van der Waals surface area contributed by atoms with E-state index >= 15 is 0 Å². The van der Waals surface area contributed by atoms with E-state index in [9.17, 15) is 0 Å². The first-order valence-electron chi connectivity index (χ1n) is 19.0. The van der Waals surface area contributed by atoms with Crippen molar-refractivity contribution >= 4 is 5.70 Å². The van der Waals surface area contributed by atoms with E-state index in [1.54, 1.807) is 0 Å². The van der Waals surface area contributed by atoms with E-state index in [1.807, 2.05) is 6.08 Å². The fourth-order valence-corrected chi connectivity index (χ4v) is 6.60. The van der Waals surface area contributed by atoms with Crippen molar-refractivity contribution in [2.45, 2.75) is 104 Å². The van der Waals surface area contributed by atoms with Crippen LogP contribution in [0.4, 0.5) is 0 Å². The van der Waals surface area contributed by atoms with Crippen LogP contribution in [-0.2, 0) is 0 Å². The topological polar surface area (TPSA) is 53.7 Å². The van der Waals surface area contributed by atoms with E-state index in [4.69, 9.17) is 19.9 Å². The molecule has 0 saturated carbocycles. The highest BCUT2D eigenvalue weighted by Crippen LogP contribution is 2.38. The number of nitrogens with two attached hydrogens (primary N) is 1. The molecule has 0 heterocycles. The van der Waals surface area contributed by atoms with E-state index in [0.29, 0.717) is 11.8 Å². The number of hydrogen-bond donors (Lipinski definition) is 1. The summed E-state index contributed by atoms with van der Waals surface area (Å²) in [6.07, 6.45) is 17.1. The van der Waals surface area contributed by atoms with Crippen LogP contribution in [0.15, 0.2) is 103 Å². The lowest BCUT2D eigenvalue weighted by Crippen LogP contribution is -2.15. The lowest BCUT2D eigenvalue weighted by Gasteiger charge is -2.23. The summed E-state index contributed by atoms with van der Waals surface area (Å²) in [7, 11) is 0. The fourth-order valence-electron chi connectivity index (χ4n) is 6.60. The number of allylic oxidation sites excluding steroid dienone is 3. The lowest BCUT2D eigenvalue weighted by molar-refractivity contribution is 0.183. The van der Waals surface area contributed by atoms with E-state index < -0.39 is 0 Å². The van der Waals surface area contributed by atoms with Gasteiger partial charge in [-0.3, -0.25) is 0 Å². The second-order valence-corrected chi connectivity index (χ2v) is 13.9. The number of hydrogen-bond acceptors (Lipinski definition) is 4. The van der Waals surface area contributed by atoms with Crippen LogP contribution in [0.5, 0.6) is 23.0 Å². The lowest BCUT2D eigenvalue weighted by atomic mass is 9.83. The van der Waals surface area contributed by atoms with Gasteiger partial charge in [-0.25, -0.2) is 0 Å². The monoisotopic (exact) mass is 671 g/mol. The maximum Gasteiger partial charge on any atom is 0.128 e. The Labute approximate surface area is 301 Å². The average molecular weight is 672 g/mol. The Hall–Kier alpha value is -4.44. The average Bonchev–Trinajstić information content (AvgIpc) is 3.14. The van der Waals surface area contributed by atoms with Crippen molar-refractivity contribution in [3.8, 4) is 45.3 Å². The molecule has 0 bridgehead atoms. The smallest absolute Gasteiger partial charge is 0.128 e. The molecule has 4 aromatic rings. The minimum Gasteiger partial charge on any atom is -0.494 e. The van der Waals surface area contributed by atoms with Gasteiger partial charge in [-0.1, -0.05) is 109 Å². The van der Waals surface area contributed by atoms with Crippen molar-refractivity contribution in [2.24, 2.45) is 11.7 Å². The van der Waals surface area contributed by atoms with E-state index in [-0.39, 0.29) is 6.10 Å². The Morgan fingerprint density at radius 1 is 0.640 bits per heavy atom. The van der Waals surface area contributed by atoms with Crippen LogP contribution < -0.4 is 19.9 Å². The van der Waals surface area contributed by atoms with Crippen molar-refractivity contribution in [2.75, 3.05) is 6.61 Å². The van der Waals surface area contributed by atoms with Gasteiger partial charge in [0, 0.05) is 11.3 Å². The quantitative estimate of drug-likeness (QED) is 0.114. The van der Waals surface area contributed by atoms with Gasteiger partial charge in [0.15, 0.2) is 0 Å². The van der Waals surface area contributed by atoms with Gasteiger partial charge in [0.05, 0.1) is 12.7 Å². The van der Waals surface area contributed by atoms with Gasteiger partial charge < -0.3 is 19.9 Å². The Bertz CT molecular complexity index is 1700. The normalized spacial score (nSPS) is 17.8. The molecule has 4 nitrogen and oxygen atoms in total. The molecule has 50 heavy (non-hydrogen) atoms. The van der Waals surface area contributed by atoms with Gasteiger partial charge in [-0.05, 0) is 126 Å². The molecule has 0 radical (unpaired) electrons. The molecule has 0 aromatic heterocycles. The highest BCUT2D eigenvalue weighted by Gasteiger charge is 2.19. The summed E-state index contributed by atoms with van der Waals surface area (Å²) in [4.78, 5) is 0. The zero-order valence-corrected chi connectivity index (χ0v) is 30.9. The van der Waals surface area contributed by atoms with E-state index in [1.165, 1.54) is 44.1 Å². The molecular weight excluding hydrogens is 615 g/mol. The summed E-state index contributed by atoms with van der Waals surface area (Å²) in [6, 6.07) is 29.7. The van der Waals surface area contributed by atoms with Crippen LogP contribution in [0.3, 0.4) is 0 Å². The molecule has 1 aliphatic rings. The summed E-state index contributed by atoms with van der Waals surface area (Å²) in [6.45, 7) is 11.9. The second-order valence-electron chi connectivity index (χ2n) is 13.9. The first-order chi connectivity index (χ1) is 24.4. The van der Waals surface area contributed by atoms with Crippen molar-refractivity contribution in [3.63, 3.8) is 0 Å². The van der Waals surface area contributed by atoms with Crippen molar-refractivity contribution < 1.29 is 14.2 Å². The van der Waals surface area contributed by atoms with Gasteiger partial charge in [-0.15, -0.1) is 0 Å². The van der Waals surface area contributed by atoms with Crippen molar-refractivity contribution in [3.05, 3.63) is 114 Å². The summed E-state index contributed by atoms with van der Waals surface area (Å²) in [5.41, 5.74) is 14.0. The number of rotatable bonds is 17. The van der Waals surface area contributed by atoms with Crippen LogP contribution in [-0.4, -0.2) is 12.7 Å². The molecule has 0 spiro atoms. The molecule has 0 fully saturated rings. The summed E-state index contributed by atoms with van der Waals surface area (Å²) < 4.78 is 19.1. The Morgan fingerprint density at radius 3 is 1.94 bits per heavy atom. The van der Waals surface area contributed by atoms with Crippen LogP contribution in [0.2, 0.25) is 0 Å². The highest BCUT2D eigenvalue weighted by atomic mass is 16.5. The largest absolute Gasteiger partial charge is 0.494 e. The van der Waals surface area contributed by atoms with Crippen LogP contribution in [0, 0.1) is 5.92 Å². The molecule has 0 saturated heterocycles. The van der Waals surface area contributed by atoms with Gasteiger partial charge in [0.25, 0.3) is 0 Å². The molecular formula is C46H57NO3. The summed E-state index contributed by atoms with van der Waals surface area (Å²) >= 11 is 0. The second kappa shape index (κ2) is 18.5. The van der Waals surface area contributed by atoms with Gasteiger partial charge in [0.1, 0.15) is 23.0 Å². The molecule has 0 amide bonds. The first-order valence-corrected chi connectivity index (χ1v) is 19.0. The predicted molar refractivity (Wildman–Crippen MR) is 211 cm³/mol. The molecule has 4 heteroatoms. The minimum absolute atomic E-state index is 0.246. The number of benzene rings is 4. The van der Waals surface area contributed by atoms with Gasteiger partial charge in [0.2, 0.25) is 0 Å². The van der Waals surface area contributed by atoms with Crippen LogP contribution >= 0.6 is 0 Å². The number of fused-ring (bicyclic) bond motifs is 1. The molecule has 264 valence electrons. The Balaban J connectivity index is 1.43. The molecule has 3 unspecified atom stereocenters. The first kappa shape index (κ1) is 36.8. The molecule has 4 aromatic carbocycles. The van der Waals surface area contributed by atoms with Crippen molar-refractivity contribution in [1.82, 2.24) is 0 Å². The Kier molecular flexibility index (Phi) is 13.6. The molecule has 5 rings (SSSR count). The maximum atomic E-state index is 6.65. The van der Waals surface area contributed by atoms with E-state index in [0.717, 1.165) is 82.4 Å². The zero-order valence-electron chi connectivity index (χ0n) is 30.9. The zero-order chi connectivity index (χ0) is 35.3. The van der Waals surface area contributed by atoms with Gasteiger partial charge >= 0.3 is 0 Å². The fraction of sp³-hybridized carbons (Fsp3) is 0.391. The standard InChI is InChI=1S/C46H57NO3/c1-6-9-11-13-28-48-40-22-18-35(19-23-40)37-29-38(36-20-24-41(25-21-36)49-39(8-3)16-12-10-7-2)31-43(30-37)50-42-26-27-44-34(5)33(4)15-14-17-46(47)45(44)32-42/h14-15,17-27,29-34,39H,6-13,16,28,47H2,1-5H3/b15-14-,46-17-. The van der Waals surface area contributed by atoms with Crippen LogP contribution in [0.25, 0.3) is 28.0 Å². The summed E-state index contributed by atoms with van der Waals surface area (Å²) in [5, 5.41) is 0. The predicted octanol–water partition coefficient (Wildman–Crippen LogP) is 13.1. The van der Waals surface area contributed by atoms with Gasteiger partial charge in [-0.2, -0.15) is 0 Å². The van der Waals surface area contributed by atoms with Crippen molar-refractivity contribution in [1.29, 1.82) is 0 Å². The van der Waals surface area contributed by atoms with E-state index in [2.05, 4.69) is 132 Å². The molecule has 2 N–H and O–H groups in total. The molecule has 1 aliphatic carbocycles. The third-order valence-electron chi connectivity index (χ3n) is 9.98. The SMILES string of the molecule is CCCCCCOc1ccc(-c2cc(Oc3ccc4c(c3)/C(N)=C/C=C\C(C)C4C)cc(-c3ccc(OC(CC)CCCCC)cc3)c2)cc1. The maximum absolute atomic E-state index is 6.65. The summed E-state index contributed by atoms with van der Waals surface area (Å²) in [5.74, 6) is 4.10. The molecule has 3 atom stereocenters. The molecule has 0 aliphatic heterocycles. The number of ether oxygens (including phenoxy) is 3.